The Bertz CT molecular complexity index is 205. The van der Waals surface area contributed by atoms with Crippen LogP contribution in [0, 0.1) is 23.7 Å². The third kappa shape index (κ3) is 1.70. The van der Waals surface area contributed by atoms with Gasteiger partial charge >= 0.3 is 0 Å². The fourth-order valence-electron chi connectivity index (χ4n) is 2.05. The van der Waals surface area contributed by atoms with Gasteiger partial charge < -0.3 is 10.1 Å². The molecule has 1 saturated carbocycles. The summed E-state index contributed by atoms with van der Waals surface area (Å²) in [5.41, 5.74) is 0. The largest absolute Gasteiger partial charge is 0.381 e. The first-order chi connectivity index (χ1) is 6.20. The van der Waals surface area contributed by atoms with E-state index in [0.29, 0.717) is 17.8 Å². The number of carbonyl (C=O) groups excluding carboxylic acids is 1. The smallest absolute Gasteiger partial charge is 0.223 e. The molecule has 13 heavy (non-hydrogen) atoms. The zero-order chi connectivity index (χ0) is 9.42. The first-order valence-corrected chi connectivity index (χ1v) is 5.05. The van der Waals surface area contributed by atoms with Crippen molar-refractivity contribution < 1.29 is 9.53 Å². The maximum atomic E-state index is 11.6. The van der Waals surface area contributed by atoms with E-state index < -0.39 is 0 Å². The van der Waals surface area contributed by atoms with Crippen molar-refractivity contribution in [3.05, 3.63) is 0 Å². The second-order valence-electron chi connectivity index (χ2n) is 4.53. The van der Waals surface area contributed by atoms with E-state index in [4.69, 9.17) is 4.74 Å². The highest BCUT2D eigenvalue weighted by molar-refractivity contribution is 5.82. The minimum atomic E-state index is 0.243. The van der Waals surface area contributed by atoms with Crippen molar-refractivity contribution in [3.8, 4) is 0 Å². The quantitative estimate of drug-likeness (QED) is 0.697. The van der Waals surface area contributed by atoms with Crippen LogP contribution >= 0.6 is 0 Å². The zero-order valence-electron chi connectivity index (χ0n) is 8.25. The number of nitrogens with one attached hydrogen (secondary N) is 1. The lowest BCUT2D eigenvalue weighted by atomic mass is 10.2. The van der Waals surface area contributed by atoms with Gasteiger partial charge in [0.15, 0.2) is 0 Å². The topological polar surface area (TPSA) is 38.3 Å². The van der Waals surface area contributed by atoms with Crippen LogP contribution in [0.3, 0.4) is 0 Å². The summed E-state index contributed by atoms with van der Waals surface area (Å²) in [6.45, 7) is 6.61. The van der Waals surface area contributed by atoms with Crippen LogP contribution in [0.25, 0.3) is 0 Å². The molecule has 2 aliphatic rings. The maximum Gasteiger partial charge on any atom is 0.223 e. The highest BCUT2D eigenvalue weighted by Gasteiger charge is 2.57. The molecule has 0 aromatic carbocycles. The zero-order valence-corrected chi connectivity index (χ0v) is 8.25. The first-order valence-electron chi connectivity index (χ1n) is 5.05. The van der Waals surface area contributed by atoms with E-state index in [-0.39, 0.29) is 11.8 Å². The van der Waals surface area contributed by atoms with Crippen LogP contribution in [0.15, 0.2) is 0 Å². The van der Waals surface area contributed by atoms with Gasteiger partial charge in [0, 0.05) is 12.5 Å². The molecule has 1 aliphatic heterocycles. The Kier molecular flexibility index (Phi) is 2.28. The molecule has 0 bridgehead atoms. The Morgan fingerprint density at radius 1 is 1.46 bits per heavy atom. The molecule has 0 aromatic heterocycles. The summed E-state index contributed by atoms with van der Waals surface area (Å²) in [4.78, 5) is 11.6. The van der Waals surface area contributed by atoms with Gasteiger partial charge in [-0.2, -0.15) is 0 Å². The molecule has 0 spiro atoms. The van der Waals surface area contributed by atoms with E-state index in [2.05, 4.69) is 19.2 Å². The molecule has 3 heteroatoms. The molecular formula is C10H17NO2. The van der Waals surface area contributed by atoms with E-state index in [9.17, 15) is 4.79 Å². The molecule has 3 nitrogen and oxygen atoms in total. The number of hydrogen-bond acceptors (Lipinski definition) is 2. The van der Waals surface area contributed by atoms with Crippen LogP contribution in [0.4, 0.5) is 0 Å². The summed E-state index contributed by atoms with van der Waals surface area (Å²) in [6, 6.07) is 0. The van der Waals surface area contributed by atoms with Gasteiger partial charge in [-0.3, -0.25) is 4.79 Å². The predicted octanol–water partition coefficient (Wildman–Crippen LogP) is 0.651. The maximum absolute atomic E-state index is 11.6. The predicted molar refractivity (Wildman–Crippen MR) is 49.1 cm³/mol. The summed E-state index contributed by atoms with van der Waals surface area (Å²) in [6.07, 6.45) is 0. The molecule has 1 aliphatic carbocycles. The highest BCUT2D eigenvalue weighted by atomic mass is 16.5. The summed E-state index contributed by atoms with van der Waals surface area (Å²) in [5.74, 6) is 2.12. The molecule has 0 radical (unpaired) electrons. The molecule has 1 amide bonds. The minimum absolute atomic E-state index is 0.243. The Labute approximate surface area is 78.8 Å². The molecule has 0 aromatic rings. The SMILES string of the molecule is CC(C)CNC(=O)C1C2COCC21. The standard InChI is InChI=1S/C10H17NO2/c1-6(2)3-11-10(12)9-7-4-13-5-8(7)9/h6-9H,3-5H2,1-2H3,(H,11,12). The molecule has 1 saturated heterocycles. The third-order valence-electron chi connectivity index (χ3n) is 2.94. The molecule has 1 heterocycles. The van der Waals surface area contributed by atoms with Crippen molar-refractivity contribution in [2.75, 3.05) is 19.8 Å². The third-order valence-corrected chi connectivity index (χ3v) is 2.94. The summed E-state index contributed by atoms with van der Waals surface area (Å²) < 4.78 is 5.23. The number of ether oxygens (including phenoxy) is 1. The second kappa shape index (κ2) is 3.29. The second-order valence-corrected chi connectivity index (χ2v) is 4.53. The van der Waals surface area contributed by atoms with Crippen LogP contribution in [-0.2, 0) is 9.53 Å². The molecule has 2 unspecified atom stereocenters. The van der Waals surface area contributed by atoms with Gasteiger partial charge in [-0.15, -0.1) is 0 Å². The van der Waals surface area contributed by atoms with Crippen molar-refractivity contribution in [2.24, 2.45) is 23.7 Å². The van der Waals surface area contributed by atoms with Gasteiger partial charge in [0.2, 0.25) is 5.91 Å². The summed E-state index contributed by atoms with van der Waals surface area (Å²) >= 11 is 0. The van der Waals surface area contributed by atoms with Crippen LogP contribution in [0.1, 0.15) is 13.8 Å². The molecular weight excluding hydrogens is 166 g/mol. The van der Waals surface area contributed by atoms with E-state index in [0.717, 1.165) is 19.8 Å². The van der Waals surface area contributed by atoms with E-state index >= 15 is 0 Å². The Morgan fingerprint density at radius 2 is 2.08 bits per heavy atom. The van der Waals surface area contributed by atoms with Crippen LogP contribution in [0.2, 0.25) is 0 Å². The van der Waals surface area contributed by atoms with Crippen LogP contribution in [0.5, 0.6) is 0 Å². The number of amides is 1. The van der Waals surface area contributed by atoms with Crippen molar-refractivity contribution in [3.63, 3.8) is 0 Å². The van der Waals surface area contributed by atoms with Gasteiger partial charge in [0.05, 0.1) is 13.2 Å². The molecule has 2 rings (SSSR count). The number of hydrogen-bond donors (Lipinski definition) is 1. The number of fused-ring (bicyclic) bond motifs is 1. The Morgan fingerprint density at radius 3 is 2.62 bits per heavy atom. The average Bonchev–Trinajstić information content (AvgIpc) is 2.56. The van der Waals surface area contributed by atoms with Crippen molar-refractivity contribution in [2.45, 2.75) is 13.8 Å². The molecule has 74 valence electrons. The van der Waals surface area contributed by atoms with Gasteiger partial charge in [-0.1, -0.05) is 13.8 Å². The molecule has 2 fully saturated rings. The Hall–Kier alpha value is -0.570. The fourth-order valence-corrected chi connectivity index (χ4v) is 2.05. The first kappa shape index (κ1) is 9.00. The molecule has 2 atom stereocenters. The number of rotatable bonds is 3. The fraction of sp³-hybridized carbons (Fsp3) is 0.900. The van der Waals surface area contributed by atoms with Crippen LogP contribution < -0.4 is 5.32 Å². The van der Waals surface area contributed by atoms with Crippen molar-refractivity contribution in [1.82, 2.24) is 5.32 Å². The average molecular weight is 183 g/mol. The van der Waals surface area contributed by atoms with Gasteiger partial charge in [-0.05, 0) is 17.8 Å². The summed E-state index contributed by atoms with van der Waals surface area (Å²) in [5, 5.41) is 2.98. The van der Waals surface area contributed by atoms with Gasteiger partial charge in [0.1, 0.15) is 0 Å². The lowest BCUT2D eigenvalue weighted by Crippen LogP contribution is -2.30. The summed E-state index contributed by atoms with van der Waals surface area (Å²) in [7, 11) is 0. The minimum Gasteiger partial charge on any atom is -0.381 e. The van der Waals surface area contributed by atoms with Gasteiger partial charge in [0.25, 0.3) is 0 Å². The van der Waals surface area contributed by atoms with Gasteiger partial charge in [-0.25, -0.2) is 0 Å². The normalized spacial score (nSPS) is 36.1. The van der Waals surface area contributed by atoms with E-state index in [1.54, 1.807) is 0 Å². The van der Waals surface area contributed by atoms with E-state index in [1.165, 1.54) is 0 Å². The monoisotopic (exact) mass is 183 g/mol. The highest BCUT2D eigenvalue weighted by Crippen LogP contribution is 2.50. The van der Waals surface area contributed by atoms with Crippen molar-refractivity contribution >= 4 is 5.91 Å². The molecule has 1 N–H and O–H groups in total. The van der Waals surface area contributed by atoms with E-state index in [1.807, 2.05) is 0 Å². The van der Waals surface area contributed by atoms with Crippen LogP contribution in [-0.4, -0.2) is 25.7 Å². The Balaban J connectivity index is 1.74. The lowest BCUT2D eigenvalue weighted by molar-refractivity contribution is -0.123. The van der Waals surface area contributed by atoms with Crippen molar-refractivity contribution in [1.29, 1.82) is 0 Å². The lowest BCUT2D eigenvalue weighted by Gasteiger charge is -2.08. The number of carbonyl (C=O) groups is 1.